The summed E-state index contributed by atoms with van der Waals surface area (Å²) in [6, 6.07) is 47.5. The lowest BCUT2D eigenvalue weighted by Gasteiger charge is -2.21. The SMILES string of the molecule is CC1(C)c2ccccc2-c2c1ccc1c2c2ccccc2n1-c1nc(-c2ccccc2)nc(-c2ccc3c(c2)sc2ccccc23)n1. The summed E-state index contributed by atoms with van der Waals surface area (Å²) in [4.78, 5) is 15.5. The minimum Gasteiger partial charge on any atom is -0.278 e. The predicted molar refractivity (Wildman–Crippen MR) is 195 cm³/mol. The van der Waals surface area contributed by atoms with Crippen LogP contribution in [-0.2, 0) is 5.41 Å². The first-order valence-electron chi connectivity index (χ1n) is 16.0. The molecule has 47 heavy (non-hydrogen) atoms. The molecular weight excluding hydrogens is 593 g/mol. The number of benzene rings is 6. The summed E-state index contributed by atoms with van der Waals surface area (Å²) >= 11 is 1.81. The zero-order valence-corrected chi connectivity index (χ0v) is 26.7. The Morgan fingerprint density at radius 2 is 1.23 bits per heavy atom. The lowest BCUT2D eigenvalue weighted by Crippen LogP contribution is -2.14. The Balaban J connectivity index is 1.27. The average molecular weight is 621 g/mol. The maximum Gasteiger partial charge on any atom is 0.238 e. The second-order valence-corrected chi connectivity index (χ2v) is 13.9. The summed E-state index contributed by atoms with van der Waals surface area (Å²) in [5.41, 5.74) is 9.35. The van der Waals surface area contributed by atoms with Gasteiger partial charge in [-0.05, 0) is 46.5 Å². The number of aromatic nitrogens is 4. The molecule has 0 radical (unpaired) electrons. The van der Waals surface area contributed by atoms with Crippen LogP contribution < -0.4 is 0 Å². The lowest BCUT2D eigenvalue weighted by molar-refractivity contribution is 0.661. The Morgan fingerprint density at radius 1 is 0.532 bits per heavy atom. The molecule has 4 nitrogen and oxygen atoms in total. The lowest BCUT2D eigenvalue weighted by atomic mass is 9.82. The summed E-state index contributed by atoms with van der Waals surface area (Å²) in [5, 5.41) is 4.97. The third-order valence-corrected chi connectivity index (χ3v) is 11.0. The van der Waals surface area contributed by atoms with Crippen molar-refractivity contribution in [2.75, 3.05) is 0 Å². The molecule has 1 aliphatic rings. The fraction of sp³-hybridized carbons (Fsp3) is 0.0714. The molecule has 222 valence electrons. The topological polar surface area (TPSA) is 43.6 Å². The molecule has 0 fully saturated rings. The van der Waals surface area contributed by atoms with Crippen molar-refractivity contribution in [3.05, 3.63) is 145 Å². The number of rotatable bonds is 3. The van der Waals surface area contributed by atoms with E-state index in [-0.39, 0.29) is 5.41 Å². The Bertz CT molecular complexity index is 2720. The van der Waals surface area contributed by atoms with Crippen LogP contribution in [0.4, 0.5) is 0 Å². The van der Waals surface area contributed by atoms with Gasteiger partial charge in [0.25, 0.3) is 0 Å². The molecule has 0 aliphatic heterocycles. The number of hydrogen-bond donors (Lipinski definition) is 0. The molecule has 0 saturated carbocycles. The molecule has 6 aromatic carbocycles. The Kier molecular flexibility index (Phi) is 5.47. The first-order valence-corrected chi connectivity index (χ1v) is 16.8. The zero-order valence-electron chi connectivity index (χ0n) is 25.9. The summed E-state index contributed by atoms with van der Waals surface area (Å²) < 4.78 is 4.73. The highest BCUT2D eigenvalue weighted by Crippen LogP contribution is 2.53. The maximum atomic E-state index is 5.24. The average Bonchev–Trinajstić information content (AvgIpc) is 3.74. The molecule has 10 rings (SSSR count). The van der Waals surface area contributed by atoms with Gasteiger partial charge < -0.3 is 0 Å². The van der Waals surface area contributed by atoms with E-state index >= 15 is 0 Å². The number of nitrogens with zero attached hydrogens (tertiary/aromatic N) is 4. The van der Waals surface area contributed by atoms with E-state index in [2.05, 4.69) is 134 Å². The number of hydrogen-bond acceptors (Lipinski definition) is 4. The largest absolute Gasteiger partial charge is 0.278 e. The number of para-hydroxylation sites is 1. The van der Waals surface area contributed by atoms with Crippen LogP contribution in [0.1, 0.15) is 25.0 Å². The van der Waals surface area contributed by atoms with E-state index in [0.29, 0.717) is 17.6 Å². The molecular formula is C42H28N4S. The van der Waals surface area contributed by atoms with Gasteiger partial charge in [0.1, 0.15) is 0 Å². The van der Waals surface area contributed by atoms with Crippen molar-refractivity contribution in [1.82, 2.24) is 19.5 Å². The molecule has 3 heterocycles. The highest BCUT2D eigenvalue weighted by atomic mass is 32.1. The highest BCUT2D eigenvalue weighted by Gasteiger charge is 2.37. The molecule has 0 spiro atoms. The fourth-order valence-electron chi connectivity index (χ4n) is 7.64. The van der Waals surface area contributed by atoms with Gasteiger partial charge in [0, 0.05) is 47.5 Å². The van der Waals surface area contributed by atoms with Gasteiger partial charge in [-0.15, -0.1) is 11.3 Å². The van der Waals surface area contributed by atoms with Crippen LogP contribution in [-0.4, -0.2) is 19.5 Å². The van der Waals surface area contributed by atoms with Crippen LogP contribution in [0.15, 0.2) is 133 Å². The van der Waals surface area contributed by atoms with Crippen molar-refractivity contribution >= 4 is 53.3 Å². The van der Waals surface area contributed by atoms with Crippen LogP contribution in [0.5, 0.6) is 0 Å². The Morgan fingerprint density at radius 3 is 2.11 bits per heavy atom. The molecule has 5 heteroatoms. The van der Waals surface area contributed by atoms with Gasteiger partial charge >= 0.3 is 0 Å². The molecule has 0 unspecified atom stereocenters. The predicted octanol–water partition coefficient (Wildman–Crippen LogP) is 11.0. The van der Waals surface area contributed by atoms with E-state index in [9.17, 15) is 0 Å². The second-order valence-electron chi connectivity index (χ2n) is 12.9. The van der Waals surface area contributed by atoms with Crippen LogP contribution in [0, 0.1) is 0 Å². The quantitative estimate of drug-likeness (QED) is 0.197. The van der Waals surface area contributed by atoms with Gasteiger partial charge in [0.15, 0.2) is 11.6 Å². The van der Waals surface area contributed by atoms with E-state index in [1.165, 1.54) is 53.2 Å². The van der Waals surface area contributed by atoms with E-state index in [1.54, 1.807) is 11.3 Å². The number of thiophene rings is 1. The first-order chi connectivity index (χ1) is 23.1. The summed E-state index contributed by atoms with van der Waals surface area (Å²) in [5.74, 6) is 1.93. The van der Waals surface area contributed by atoms with Crippen LogP contribution >= 0.6 is 11.3 Å². The van der Waals surface area contributed by atoms with Crippen molar-refractivity contribution in [2.24, 2.45) is 0 Å². The van der Waals surface area contributed by atoms with Crippen molar-refractivity contribution in [2.45, 2.75) is 19.3 Å². The zero-order chi connectivity index (χ0) is 31.3. The van der Waals surface area contributed by atoms with Gasteiger partial charge in [0.05, 0.1) is 11.0 Å². The minimum atomic E-state index is -0.0879. The van der Waals surface area contributed by atoms with Crippen molar-refractivity contribution in [3.63, 3.8) is 0 Å². The van der Waals surface area contributed by atoms with Crippen molar-refractivity contribution in [1.29, 1.82) is 0 Å². The van der Waals surface area contributed by atoms with Gasteiger partial charge in [-0.3, -0.25) is 4.57 Å². The monoisotopic (exact) mass is 620 g/mol. The normalized spacial score (nSPS) is 13.5. The molecule has 0 atom stereocenters. The van der Waals surface area contributed by atoms with Crippen LogP contribution in [0.3, 0.4) is 0 Å². The van der Waals surface area contributed by atoms with E-state index in [4.69, 9.17) is 15.0 Å². The molecule has 1 aliphatic carbocycles. The first kappa shape index (κ1) is 26.6. The van der Waals surface area contributed by atoms with Crippen molar-refractivity contribution < 1.29 is 0 Å². The standard InChI is InChI=1S/C42H28N4S/c1-42(2)31-17-9-6-15-29(31)37-32(42)22-23-34-38(37)30-16-7-10-18-33(30)46(34)41-44-39(25-12-4-3-5-13-25)43-40(45-41)26-20-21-28-27-14-8-11-19-35(27)47-36(28)24-26/h3-24H,1-2H3. The maximum absolute atomic E-state index is 5.24. The Hall–Kier alpha value is -5.65. The van der Waals surface area contributed by atoms with Crippen LogP contribution in [0.2, 0.25) is 0 Å². The Labute approximate surface area is 275 Å². The second kappa shape index (κ2) is 9.68. The van der Waals surface area contributed by atoms with Gasteiger partial charge in [0.2, 0.25) is 5.95 Å². The fourth-order valence-corrected chi connectivity index (χ4v) is 8.79. The minimum absolute atomic E-state index is 0.0879. The molecule has 0 bridgehead atoms. The summed E-state index contributed by atoms with van der Waals surface area (Å²) in [6.45, 7) is 4.67. The van der Waals surface area contributed by atoms with Gasteiger partial charge in [-0.2, -0.15) is 9.97 Å². The summed E-state index contributed by atoms with van der Waals surface area (Å²) in [6.07, 6.45) is 0. The third-order valence-electron chi connectivity index (χ3n) is 9.87. The molecule has 0 saturated heterocycles. The van der Waals surface area contributed by atoms with Crippen LogP contribution in [0.25, 0.3) is 81.8 Å². The molecule has 0 N–H and O–H groups in total. The highest BCUT2D eigenvalue weighted by molar-refractivity contribution is 7.25. The van der Waals surface area contributed by atoms with E-state index in [1.807, 2.05) is 18.2 Å². The van der Waals surface area contributed by atoms with Gasteiger partial charge in [-0.1, -0.05) is 123 Å². The molecule has 0 amide bonds. The number of fused-ring (bicyclic) bond motifs is 10. The smallest absolute Gasteiger partial charge is 0.238 e. The molecule has 9 aromatic rings. The van der Waals surface area contributed by atoms with Gasteiger partial charge in [-0.25, -0.2) is 4.98 Å². The van der Waals surface area contributed by atoms with E-state index < -0.39 is 0 Å². The molecule has 3 aromatic heterocycles. The van der Waals surface area contributed by atoms with E-state index in [0.717, 1.165) is 22.2 Å². The summed E-state index contributed by atoms with van der Waals surface area (Å²) in [7, 11) is 0. The third kappa shape index (κ3) is 3.78. The van der Waals surface area contributed by atoms with Crippen molar-refractivity contribution in [3.8, 4) is 39.9 Å².